The number of aliphatic hydroxyl groups is 1. The van der Waals surface area contributed by atoms with Gasteiger partial charge in [0.2, 0.25) is 0 Å². The minimum atomic E-state index is -0.984. The summed E-state index contributed by atoms with van der Waals surface area (Å²) >= 11 is 3.52. The van der Waals surface area contributed by atoms with E-state index in [9.17, 15) is 14.7 Å². The lowest BCUT2D eigenvalue weighted by Crippen LogP contribution is -2.42. The summed E-state index contributed by atoms with van der Waals surface area (Å²) in [5, 5.41) is 14.8. The Balaban J connectivity index is 1.65. The van der Waals surface area contributed by atoms with Gasteiger partial charge in [-0.05, 0) is 46.6 Å². The Morgan fingerprint density at radius 2 is 1.96 bits per heavy atom. The molecule has 2 aromatic carbocycles. The number of ether oxygens (including phenoxy) is 1. The summed E-state index contributed by atoms with van der Waals surface area (Å²) in [6.45, 7) is 3.11. The van der Waals surface area contributed by atoms with E-state index in [0.29, 0.717) is 5.75 Å². The Labute approximate surface area is 153 Å². The average Bonchev–Trinajstić information content (AvgIpc) is 2.76. The van der Waals surface area contributed by atoms with Gasteiger partial charge in [0.05, 0.1) is 11.0 Å². The highest BCUT2D eigenvalue weighted by Gasteiger charge is 2.44. The lowest BCUT2D eigenvalue weighted by molar-refractivity contribution is -0.131. The van der Waals surface area contributed by atoms with E-state index in [2.05, 4.69) is 21.2 Å². The second-order valence-corrected chi connectivity index (χ2v) is 7.33. The van der Waals surface area contributed by atoms with E-state index >= 15 is 0 Å². The summed E-state index contributed by atoms with van der Waals surface area (Å²) in [5.41, 5.74) is -0.945. The van der Waals surface area contributed by atoms with Crippen LogP contribution in [0.4, 0.5) is 4.79 Å². The number of nitrogens with zero attached hydrogens (tertiary/aromatic N) is 1. The van der Waals surface area contributed by atoms with E-state index in [-0.39, 0.29) is 19.1 Å². The van der Waals surface area contributed by atoms with Gasteiger partial charge >= 0.3 is 6.03 Å². The molecule has 1 aliphatic rings. The summed E-state index contributed by atoms with van der Waals surface area (Å²) in [5.74, 6) is 0.235. The molecule has 132 valence electrons. The molecule has 7 heteroatoms. The first-order chi connectivity index (χ1) is 11.8. The van der Waals surface area contributed by atoms with Gasteiger partial charge in [0.25, 0.3) is 5.91 Å². The van der Waals surface area contributed by atoms with Crippen LogP contribution in [0.3, 0.4) is 0 Å². The molecule has 0 aromatic heterocycles. The molecule has 3 rings (SSSR count). The van der Waals surface area contributed by atoms with Crippen molar-refractivity contribution in [3.05, 3.63) is 40.9 Å². The fourth-order valence-electron chi connectivity index (χ4n) is 2.76. The number of β-amino-alcohol motifs (C(OH)–C–C–N with tert-alkyl or cyclic N) is 1. The van der Waals surface area contributed by atoms with Crippen molar-refractivity contribution in [3.8, 4) is 5.75 Å². The molecule has 0 aliphatic carbocycles. The Hall–Kier alpha value is -2.12. The molecule has 1 fully saturated rings. The molecule has 2 N–H and O–H groups in total. The summed E-state index contributed by atoms with van der Waals surface area (Å²) < 4.78 is 6.47. The van der Waals surface area contributed by atoms with Gasteiger partial charge in [-0.1, -0.05) is 30.3 Å². The number of aliphatic hydroxyl groups excluding tert-OH is 1. The van der Waals surface area contributed by atoms with Crippen LogP contribution in [0.1, 0.15) is 13.8 Å². The standard InChI is InChI=1S/C18H19BrN2O4/c1-18(2)16(23)21(17(24)20-18)9-12(22)10-25-14-8-7-11-5-3-4-6-13(11)15(14)19/h3-8,12,22H,9-10H2,1-2H3,(H,20,24). The monoisotopic (exact) mass is 406 g/mol. The number of benzene rings is 2. The smallest absolute Gasteiger partial charge is 0.325 e. The molecule has 0 radical (unpaired) electrons. The highest BCUT2D eigenvalue weighted by atomic mass is 79.9. The van der Waals surface area contributed by atoms with Crippen LogP contribution in [-0.2, 0) is 4.79 Å². The van der Waals surface area contributed by atoms with Gasteiger partial charge in [-0.15, -0.1) is 0 Å². The maximum Gasteiger partial charge on any atom is 0.325 e. The van der Waals surface area contributed by atoms with Gasteiger partial charge in [0.1, 0.15) is 24.0 Å². The van der Waals surface area contributed by atoms with Crippen molar-refractivity contribution in [2.45, 2.75) is 25.5 Å². The lowest BCUT2D eigenvalue weighted by Gasteiger charge is -2.20. The van der Waals surface area contributed by atoms with Crippen LogP contribution in [0.25, 0.3) is 10.8 Å². The first-order valence-corrected chi connectivity index (χ1v) is 8.71. The molecule has 25 heavy (non-hydrogen) atoms. The fraction of sp³-hybridized carbons (Fsp3) is 0.333. The molecule has 1 unspecified atom stereocenters. The van der Waals surface area contributed by atoms with E-state index in [0.717, 1.165) is 20.1 Å². The average molecular weight is 407 g/mol. The highest BCUT2D eigenvalue weighted by molar-refractivity contribution is 9.10. The predicted molar refractivity (Wildman–Crippen MR) is 97.5 cm³/mol. The molecule has 0 saturated carbocycles. The first kappa shape index (κ1) is 17.7. The largest absolute Gasteiger partial charge is 0.490 e. The second kappa shape index (κ2) is 6.65. The van der Waals surface area contributed by atoms with E-state index < -0.39 is 17.7 Å². The Bertz CT molecular complexity index is 837. The number of fused-ring (bicyclic) bond motifs is 1. The number of nitrogens with one attached hydrogen (secondary N) is 1. The summed E-state index contributed by atoms with van der Waals surface area (Å²) in [4.78, 5) is 25.0. The number of imide groups is 1. The van der Waals surface area contributed by atoms with Gasteiger partial charge in [-0.3, -0.25) is 9.69 Å². The van der Waals surface area contributed by atoms with Crippen LogP contribution in [0.2, 0.25) is 0 Å². The maximum atomic E-state index is 12.1. The predicted octanol–water partition coefficient (Wildman–Crippen LogP) is 2.67. The van der Waals surface area contributed by atoms with E-state index in [1.165, 1.54) is 0 Å². The van der Waals surface area contributed by atoms with Gasteiger partial charge in [0, 0.05) is 0 Å². The third kappa shape index (κ3) is 3.48. The minimum Gasteiger partial charge on any atom is -0.490 e. The summed E-state index contributed by atoms with van der Waals surface area (Å²) in [7, 11) is 0. The van der Waals surface area contributed by atoms with E-state index in [1.807, 2.05) is 36.4 Å². The molecule has 1 saturated heterocycles. The number of hydrogen-bond donors (Lipinski definition) is 2. The number of rotatable bonds is 5. The maximum absolute atomic E-state index is 12.1. The molecule has 0 spiro atoms. The number of amides is 3. The van der Waals surface area contributed by atoms with Crippen molar-refractivity contribution >= 4 is 38.6 Å². The zero-order chi connectivity index (χ0) is 18.2. The molecule has 1 atom stereocenters. The third-order valence-corrected chi connectivity index (χ3v) is 4.91. The van der Waals surface area contributed by atoms with Gasteiger partial charge < -0.3 is 15.2 Å². The van der Waals surface area contributed by atoms with Crippen LogP contribution in [0.5, 0.6) is 5.75 Å². The number of carbonyl (C=O) groups excluding carboxylic acids is 2. The SMILES string of the molecule is CC1(C)NC(=O)N(CC(O)COc2ccc3ccccc3c2Br)C1=O. The summed E-state index contributed by atoms with van der Waals surface area (Å²) in [6.07, 6.45) is -0.984. The fourth-order valence-corrected chi connectivity index (χ4v) is 3.37. The lowest BCUT2D eigenvalue weighted by atomic mass is 10.1. The Kier molecular flexibility index (Phi) is 4.71. The van der Waals surface area contributed by atoms with Gasteiger partial charge in [-0.25, -0.2) is 4.79 Å². The topological polar surface area (TPSA) is 78.9 Å². The number of urea groups is 1. The molecule has 0 bridgehead atoms. The first-order valence-electron chi connectivity index (χ1n) is 7.92. The van der Waals surface area contributed by atoms with Crippen LogP contribution in [-0.4, -0.2) is 46.7 Å². The van der Waals surface area contributed by atoms with Crippen molar-refractivity contribution in [1.82, 2.24) is 10.2 Å². The molecule has 6 nitrogen and oxygen atoms in total. The van der Waals surface area contributed by atoms with Crippen molar-refractivity contribution in [3.63, 3.8) is 0 Å². The van der Waals surface area contributed by atoms with Gasteiger partial charge in [-0.2, -0.15) is 0 Å². The zero-order valence-corrected chi connectivity index (χ0v) is 15.5. The molecule has 2 aromatic rings. The third-order valence-electron chi connectivity index (χ3n) is 4.10. The van der Waals surface area contributed by atoms with Crippen LogP contribution < -0.4 is 10.1 Å². The van der Waals surface area contributed by atoms with Gasteiger partial charge in [0.15, 0.2) is 0 Å². The van der Waals surface area contributed by atoms with Crippen LogP contribution >= 0.6 is 15.9 Å². The Morgan fingerprint density at radius 1 is 1.24 bits per heavy atom. The number of halogens is 1. The van der Waals surface area contributed by atoms with Crippen molar-refractivity contribution in [1.29, 1.82) is 0 Å². The van der Waals surface area contributed by atoms with Crippen molar-refractivity contribution in [2.24, 2.45) is 0 Å². The normalized spacial score (nSPS) is 17.7. The van der Waals surface area contributed by atoms with E-state index in [4.69, 9.17) is 4.74 Å². The highest BCUT2D eigenvalue weighted by Crippen LogP contribution is 2.33. The van der Waals surface area contributed by atoms with E-state index in [1.54, 1.807) is 13.8 Å². The molecule has 1 aliphatic heterocycles. The molecule has 1 heterocycles. The molecular weight excluding hydrogens is 388 g/mol. The van der Waals surface area contributed by atoms with Crippen LogP contribution in [0.15, 0.2) is 40.9 Å². The van der Waals surface area contributed by atoms with Crippen molar-refractivity contribution in [2.75, 3.05) is 13.2 Å². The molecule has 3 amide bonds. The van der Waals surface area contributed by atoms with Crippen LogP contribution in [0, 0.1) is 0 Å². The second-order valence-electron chi connectivity index (χ2n) is 6.53. The minimum absolute atomic E-state index is 0.0333. The number of hydrogen-bond acceptors (Lipinski definition) is 4. The molecular formula is C18H19BrN2O4. The quantitative estimate of drug-likeness (QED) is 0.748. The number of carbonyl (C=O) groups is 2. The Morgan fingerprint density at radius 3 is 2.64 bits per heavy atom. The zero-order valence-electron chi connectivity index (χ0n) is 14.0. The van der Waals surface area contributed by atoms with Crippen molar-refractivity contribution < 1.29 is 19.4 Å². The summed E-state index contributed by atoms with van der Waals surface area (Å²) in [6, 6.07) is 11.1.